The normalized spacial score (nSPS) is 25.2. The maximum Gasteiger partial charge on any atom is 0.0345 e. The van der Waals surface area contributed by atoms with Gasteiger partial charge in [0.1, 0.15) is 0 Å². The van der Waals surface area contributed by atoms with Crippen molar-refractivity contribution in [3.63, 3.8) is 0 Å². The smallest absolute Gasteiger partial charge is 0.0345 e. The van der Waals surface area contributed by atoms with E-state index in [1.807, 2.05) is 0 Å². The molecule has 82 valence electrons. The van der Waals surface area contributed by atoms with Gasteiger partial charge < -0.3 is 10.2 Å². The van der Waals surface area contributed by atoms with Crippen LogP contribution in [0.1, 0.15) is 0 Å². The third-order valence-corrected chi connectivity index (χ3v) is 2.81. The molecule has 0 aromatic rings. The summed E-state index contributed by atoms with van der Waals surface area (Å²) >= 11 is 5.68. The van der Waals surface area contributed by atoms with Crippen molar-refractivity contribution in [2.75, 3.05) is 46.8 Å². The minimum Gasteiger partial charge on any atom is -0.310 e. The monoisotopic (exact) mass is 217 g/mol. The molecule has 1 aliphatic rings. The van der Waals surface area contributed by atoms with Crippen molar-refractivity contribution >= 4 is 11.6 Å². The summed E-state index contributed by atoms with van der Waals surface area (Å²) in [4.78, 5) is 4.76. The maximum absolute atomic E-state index is 5.68. The van der Waals surface area contributed by atoms with Crippen molar-refractivity contribution in [1.82, 2.24) is 15.1 Å². The first-order valence-corrected chi connectivity index (χ1v) is 5.40. The second kappa shape index (κ2) is 5.71. The van der Waals surface area contributed by atoms with E-state index < -0.39 is 0 Å². The van der Waals surface area contributed by atoms with Crippen LogP contribution in [0.3, 0.4) is 0 Å². The van der Waals surface area contributed by atoms with Crippen molar-refractivity contribution in [2.24, 2.45) is 0 Å². The number of nitrogens with one attached hydrogen (secondary N) is 1. The van der Waals surface area contributed by atoms with Gasteiger partial charge in [-0.25, -0.2) is 0 Å². The lowest BCUT2D eigenvalue weighted by Crippen LogP contribution is -2.53. The number of hydrogen-bond acceptors (Lipinski definition) is 3. The lowest BCUT2D eigenvalue weighted by atomic mass is 10.2. The first kappa shape index (κ1) is 12.0. The Balaban J connectivity index is 2.24. The van der Waals surface area contributed by atoms with E-state index in [9.17, 15) is 0 Å². The Morgan fingerprint density at radius 1 is 1.50 bits per heavy atom. The van der Waals surface area contributed by atoms with Gasteiger partial charge in [0.2, 0.25) is 0 Å². The Bertz CT molecular complexity index is 196. The topological polar surface area (TPSA) is 18.5 Å². The highest BCUT2D eigenvalue weighted by molar-refractivity contribution is 6.29. The number of hydrogen-bond donors (Lipinski definition) is 1. The molecule has 0 saturated carbocycles. The van der Waals surface area contributed by atoms with Crippen LogP contribution in [0, 0.1) is 0 Å². The molecule has 0 radical (unpaired) electrons. The molecule has 1 unspecified atom stereocenters. The predicted molar refractivity (Wildman–Crippen MR) is 61.8 cm³/mol. The fraction of sp³-hybridized carbons (Fsp3) is 0.800. The molecule has 0 amide bonds. The maximum atomic E-state index is 5.68. The molecule has 3 nitrogen and oxygen atoms in total. The van der Waals surface area contributed by atoms with Crippen LogP contribution in [-0.2, 0) is 0 Å². The molecule has 1 rings (SSSR count). The van der Waals surface area contributed by atoms with E-state index in [-0.39, 0.29) is 0 Å². The number of rotatable bonds is 4. The average molecular weight is 218 g/mol. The van der Waals surface area contributed by atoms with Crippen molar-refractivity contribution < 1.29 is 0 Å². The molecular formula is C10H20ClN3. The molecular weight excluding hydrogens is 198 g/mol. The van der Waals surface area contributed by atoms with Gasteiger partial charge in [-0.3, -0.25) is 4.90 Å². The predicted octanol–water partition coefficient (Wildman–Crippen LogP) is 0.574. The van der Waals surface area contributed by atoms with Gasteiger partial charge in [-0.15, -0.1) is 0 Å². The lowest BCUT2D eigenvalue weighted by molar-refractivity contribution is 0.114. The molecule has 0 bridgehead atoms. The van der Waals surface area contributed by atoms with E-state index in [2.05, 4.69) is 35.8 Å². The Morgan fingerprint density at radius 3 is 2.86 bits per heavy atom. The van der Waals surface area contributed by atoms with Gasteiger partial charge in [-0.2, -0.15) is 0 Å². The van der Waals surface area contributed by atoms with Gasteiger partial charge in [0.05, 0.1) is 0 Å². The highest BCUT2D eigenvalue weighted by Gasteiger charge is 2.21. The molecule has 14 heavy (non-hydrogen) atoms. The van der Waals surface area contributed by atoms with Crippen LogP contribution in [0.2, 0.25) is 0 Å². The van der Waals surface area contributed by atoms with Crippen LogP contribution in [0.4, 0.5) is 0 Å². The van der Waals surface area contributed by atoms with Gasteiger partial charge in [0, 0.05) is 43.8 Å². The largest absolute Gasteiger partial charge is 0.310 e. The molecule has 0 spiro atoms. The van der Waals surface area contributed by atoms with E-state index in [1.165, 1.54) is 0 Å². The summed E-state index contributed by atoms with van der Waals surface area (Å²) < 4.78 is 0. The zero-order valence-corrected chi connectivity index (χ0v) is 9.85. The second-order valence-electron chi connectivity index (χ2n) is 4.04. The summed E-state index contributed by atoms with van der Waals surface area (Å²) in [7, 11) is 4.34. The first-order valence-electron chi connectivity index (χ1n) is 5.02. The van der Waals surface area contributed by atoms with Crippen molar-refractivity contribution in [3.8, 4) is 0 Å². The minimum absolute atomic E-state index is 0.588. The van der Waals surface area contributed by atoms with Crippen molar-refractivity contribution in [2.45, 2.75) is 6.04 Å². The third kappa shape index (κ3) is 3.96. The standard InChI is InChI=1S/C10H20ClN3/c1-9(11)6-12-7-10-8-13(2)4-5-14(10)3/h10,12H,1,4-8H2,2-3H3. The van der Waals surface area contributed by atoms with E-state index in [0.29, 0.717) is 17.6 Å². The number of halogens is 1. The van der Waals surface area contributed by atoms with Gasteiger partial charge in [0.25, 0.3) is 0 Å². The lowest BCUT2D eigenvalue weighted by Gasteiger charge is -2.37. The molecule has 4 heteroatoms. The summed E-state index contributed by atoms with van der Waals surface area (Å²) in [6.07, 6.45) is 0. The zero-order chi connectivity index (χ0) is 10.6. The summed E-state index contributed by atoms with van der Waals surface area (Å²) in [5.74, 6) is 0. The highest BCUT2D eigenvalue weighted by Crippen LogP contribution is 2.04. The molecule has 0 aromatic carbocycles. The molecule has 1 saturated heterocycles. The van der Waals surface area contributed by atoms with Crippen molar-refractivity contribution in [1.29, 1.82) is 0 Å². The van der Waals surface area contributed by atoms with Gasteiger partial charge in [-0.05, 0) is 14.1 Å². The van der Waals surface area contributed by atoms with E-state index >= 15 is 0 Å². The second-order valence-corrected chi connectivity index (χ2v) is 4.58. The molecule has 0 aromatic heterocycles. The Labute approximate surface area is 91.7 Å². The third-order valence-electron chi connectivity index (χ3n) is 2.68. The molecule has 1 atom stereocenters. The average Bonchev–Trinajstić information content (AvgIpc) is 2.10. The SMILES string of the molecule is C=C(Cl)CNCC1CN(C)CCN1C. The Hall–Kier alpha value is -0.0900. The van der Waals surface area contributed by atoms with Crippen LogP contribution in [0.15, 0.2) is 11.6 Å². The van der Waals surface area contributed by atoms with Crippen LogP contribution < -0.4 is 5.32 Å². The molecule has 1 heterocycles. The summed E-state index contributed by atoms with van der Waals surface area (Å²) in [5.41, 5.74) is 0. The highest BCUT2D eigenvalue weighted by atomic mass is 35.5. The first-order chi connectivity index (χ1) is 6.59. The Morgan fingerprint density at radius 2 is 2.21 bits per heavy atom. The van der Waals surface area contributed by atoms with Crippen LogP contribution >= 0.6 is 11.6 Å². The quantitative estimate of drug-likeness (QED) is 0.743. The van der Waals surface area contributed by atoms with Crippen LogP contribution in [0.5, 0.6) is 0 Å². The fourth-order valence-corrected chi connectivity index (χ4v) is 1.79. The summed E-state index contributed by atoms with van der Waals surface area (Å²) in [6.45, 7) is 8.76. The number of likely N-dealkylation sites (N-methyl/N-ethyl adjacent to an activating group) is 2. The fourth-order valence-electron chi connectivity index (χ4n) is 1.70. The summed E-state index contributed by atoms with van der Waals surface area (Å²) in [5, 5.41) is 3.98. The molecule has 1 aliphatic heterocycles. The minimum atomic E-state index is 0.588. The Kier molecular flexibility index (Phi) is 4.89. The van der Waals surface area contributed by atoms with E-state index in [0.717, 1.165) is 26.2 Å². The summed E-state index contributed by atoms with van der Waals surface area (Å²) in [6, 6.07) is 0.588. The van der Waals surface area contributed by atoms with Gasteiger partial charge >= 0.3 is 0 Å². The van der Waals surface area contributed by atoms with E-state index in [1.54, 1.807) is 0 Å². The van der Waals surface area contributed by atoms with Gasteiger partial charge in [0.15, 0.2) is 0 Å². The molecule has 1 N–H and O–H groups in total. The molecule has 1 fully saturated rings. The number of nitrogens with zero attached hydrogens (tertiary/aromatic N) is 2. The van der Waals surface area contributed by atoms with Crippen molar-refractivity contribution in [3.05, 3.63) is 11.6 Å². The van der Waals surface area contributed by atoms with Gasteiger partial charge in [-0.1, -0.05) is 18.2 Å². The van der Waals surface area contributed by atoms with Crippen LogP contribution in [-0.4, -0.2) is 62.7 Å². The van der Waals surface area contributed by atoms with Crippen LogP contribution in [0.25, 0.3) is 0 Å². The number of piperazine rings is 1. The molecule has 0 aliphatic carbocycles. The van der Waals surface area contributed by atoms with E-state index in [4.69, 9.17) is 11.6 Å². The zero-order valence-electron chi connectivity index (χ0n) is 9.09.